The fraction of sp³-hybridized carbons (Fsp3) is 0.250. The Morgan fingerprint density at radius 3 is 2.10 bits per heavy atom. The van der Waals surface area contributed by atoms with Crippen molar-refractivity contribution in [2.24, 2.45) is 0 Å². The van der Waals surface area contributed by atoms with Crippen LogP contribution in [0.15, 0.2) is 24.3 Å². The van der Waals surface area contributed by atoms with Crippen molar-refractivity contribution in [3.63, 3.8) is 0 Å². The molecule has 0 bridgehead atoms. The Morgan fingerprint density at radius 2 is 1.70 bits per heavy atom. The Kier molecular flexibility index (Phi) is 5.55. The van der Waals surface area contributed by atoms with E-state index in [0.717, 1.165) is 5.75 Å². The van der Waals surface area contributed by atoms with E-state index < -0.39 is 0 Å². The molecule has 0 saturated heterocycles. The first kappa shape index (κ1) is 10.6. The van der Waals surface area contributed by atoms with E-state index in [-0.39, 0.29) is 29.6 Å². The molecule has 0 nitrogen and oxygen atoms in total. The Labute approximate surface area is 89.7 Å². The molecular weight excluding hydrogens is 151 g/mol. The van der Waals surface area contributed by atoms with E-state index in [1.807, 2.05) is 0 Å². The second-order valence-electron chi connectivity index (χ2n) is 2.14. The van der Waals surface area contributed by atoms with Crippen LogP contribution in [0.25, 0.3) is 0 Å². The van der Waals surface area contributed by atoms with Gasteiger partial charge in [0, 0.05) is 35.3 Å². The molecule has 1 radical (unpaired) electrons. The predicted molar refractivity (Wildman–Crippen MR) is 49.6 cm³/mol. The quantitative estimate of drug-likeness (QED) is 0.473. The van der Waals surface area contributed by atoms with Gasteiger partial charge >= 0.3 is 0 Å². The minimum atomic E-state index is 0. The van der Waals surface area contributed by atoms with Crippen LogP contribution in [-0.4, -0.2) is 29.6 Å². The molecule has 0 spiro atoms. The molecular formula is C8H10NaS. The van der Waals surface area contributed by atoms with Gasteiger partial charge in [0.15, 0.2) is 0 Å². The van der Waals surface area contributed by atoms with Crippen LogP contribution >= 0.6 is 12.6 Å². The average molecular weight is 161 g/mol. The van der Waals surface area contributed by atoms with Gasteiger partial charge in [0.2, 0.25) is 0 Å². The van der Waals surface area contributed by atoms with Crippen LogP contribution in [0.1, 0.15) is 11.1 Å². The summed E-state index contributed by atoms with van der Waals surface area (Å²) in [5.41, 5.74) is 2.59. The monoisotopic (exact) mass is 161 g/mol. The molecule has 10 heavy (non-hydrogen) atoms. The van der Waals surface area contributed by atoms with E-state index in [1.54, 1.807) is 0 Å². The van der Waals surface area contributed by atoms with Crippen LogP contribution in [-0.2, 0) is 5.75 Å². The van der Waals surface area contributed by atoms with Gasteiger partial charge in [-0.15, -0.1) is 0 Å². The molecule has 0 aliphatic rings. The van der Waals surface area contributed by atoms with Crippen molar-refractivity contribution < 1.29 is 0 Å². The van der Waals surface area contributed by atoms with E-state index in [4.69, 9.17) is 0 Å². The van der Waals surface area contributed by atoms with Crippen LogP contribution in [0.4, 0.5) is 0 Å². The molecule has 0 atom stereocenters. The Balaban J connectivity index is 0.000000810. The van der Waals surface area contributed by atoms with Crippen LogP contribution < -0.4 is 0 Å². The van der Waals surface area contributed by atoms with Crippen molar-refractivity contribution in [2.75, 3.05) is 0 Å². The van der Waals surface area contributed by atoms with E-state index in [1.165, 1.54) is 11.1 Å². The van der Waals surface area contributed by atoms with Gasteiger partial charge in [0.1, 0.15) is 0 Å². The standard InChI is InChI=1S/C8H10S.Na/c1-7-2-4-8(6-9)5-3-7;/h2-5,9H,6H2,1H3;. The number of aryl methyl sites for hydroxylation is 1. The predicted octanol–water partition coefficient (Wildman–Crippen LogP) is 2.04. The fourth-order valence-electron chi connectivity index (χ4n) is 0.693. The summed E-state index contributed by atoms with van der Waals surface area (Å²) in [4.78, 5) is 0. The van der Waals surface area contributed by atoms with E-state index >= 15 is 0 Å². The third-order valence-electron chi connectivity index (χ3n) is 1.30. The molecule has 0 aliphatic heterocycles. The zero-order chi connectivity index (χ0) is 6.69. The summed E-state index contributed by atoms with van der Waals surface area (Å²) >= 11 is 4.14. The van der Waals surface area contributed by atoms with Crippen LogP contribution in [0.2, 0.25) is 0 Å². The summed E-state index contributed by atoms with van der Waals surface area (Å²) in [6, 6.07) is 8.40. The van der Waals surface area contributed by atoms with Gasteiger partial charge in [-0.05, 0) is 12.5 Å². The molecule has 49 valence electrons. The number of rotatable bonds is 1. The van der Waals surface area contributed by atoms with Crippen LogP contribution in [0, 0.1) is 6.92 Å². The first-order chi connectivity index (χ1) is 4.33. The van der Waals surface area contributed by atoms with Gasteiger partial charge in [0.05, 0.1) is 0 Å². The molecule has 0 aliphatic carbocycles. The molecule has 1 aromatic rings. The van der Waals surface area contributed by atoms with Gasteiger partial charge in [0.25, 0.3) is 0 Å². The molecule has 1 aromatic carbocycles. The van der Waals surface area contributed by atoms with Crippen molar-refractivity contribution in [1.82, 2.24) is 0 Å². The van der Waals surface area contributed by atoms with Crippen molar-refractivity contribution in [3.05, 3.63) is 35.4 Å². The summed E-state index contributed by atoms with van der Waals surface area (Å²) in [7, 11) is 0. The topological polar surface area (TPSA) is 0 Å². The van der Waals surface area contributed by atoms with Crippen LogP contribution in [0.5, 0.6) is 0 Å². The molecule has 0 heterocycles. The zero-order valence-electron chi connectivity index (χ0n) is 6.46. The summed E-state index contributed by atoms with van der Waals surface area (Å²) in [6.07, 6.45) is 0. The van der Waals surface area contributed by atoms with Crippen molar-refractivity contribution in [3.8, 4) is 0 Å². The van der Waals surface area contributed by atoms with Gasteiger partial charge in [-0.1, -0.05) is 29.8 Å². The number of thiol groups is 1. The van der Waals surface area contributed by atoms with E-state index in [9.17, 15) is 0 Å². The Bertz CT molecular complexity index is 181. The minimum Gasteiger partial charge on any atom is -0.175 e. The van der Waals surface area contributed by atoms with Gasteiger partial charge in [-0.3, -0.25) is 0 Å². The van der Waals surface area contributed by atoms with Crippen molar-refractivity contribution >= 4 is 42.2 Å². The van der Waals surface area contributed by atoms with E-state index in [0.29, 0.717) is 0 Å². The smallest absolute Gasteiger partial charge is 0.0154 e. The molecule has 0 N–H and O–H groups in total. The number of benzene rings is 1. The molecule has 0 aromatic heterocycles. The Morgan fingerprint density at radius 1 is 1.20 bits per heavy atom. The second-order valence-corrected chi connectivity index (χ2v) is 2.46. The normalized spacial score (nSPS) is 8.60. The van der Waals surface area contributed by atoms with Crippen LogP contribution in [0.3, 0.4) is 0 Å². The molecule has 0 unspecified atom stereocenters. The SMILES string of the molecule is Cc1ccc(CS)cc1.[Na]. The first-order valence-electron chi connectivity index (χ1n) is 2.99. The summed E-state index contributed by atoms with van der Waals surface area (Å²) in [5, 5.41) is 0. The van der Waals surface area contributed by atoms with Crippen molar-refractivity contribution in [1.29, 1.82) is 0 Å². The van der Waals surface area contributed by atoms with Gasteiger partial charge < -0.3 is 0 Å². The number of hydrogen-bond acceptors (Lipinski definition) is 1. The first-order valence-corrected chi connectivity index (χ1v) is 3.62. The third-order valence-corrected chi connectivity index (χ3v) is 1.67. The second kappa shape index (κ2) is 5.25. The summed E-state index contributed by atoms with van der Waals surface area (Å²) < 4.78 is 0. The third kappa shape index (κ3) is 3.11. The average Bonchev–Trinajstić information content (AvgIpc) is 1.90. The van der Waals surface area contributed by atoms with E-state index in [2.05, 4.69) is 43.8 Å². The minimum absolute atomic E-state index is 0. The fourth-order valence-corrected chi connectivity index (χ4v) is 0.904. The molecule has 1 rings (SSSR count). The number of hydrogen-bond donors (Lipinski definition) is 1. The van der Waals surface area contributed by atoms with Crippen molar-refractivity contribution in [2.45, 2.75) is 12.7 Å². The maximum Gasteiger partial charge on any atom is 0.0154 e. The maximum atomic E-state index is 4.14. The summed E-state index contributed by atoms with van der Waals surface area (Å²) in [6.45, 7) is 2.09. The molecule has 0 fully saturated rings. The molecule has 2 heteroatoms. The molecule has 0 amide bonds. The Hall–Kier alpha value is 0.570. The van der Waals surface area contributed by atoms with Gasteiger partial charge in [-0.25, -0.2) is 0 Å². The zero-order valence-corrected chi connectivity index (χ0v) is 9.36. The largest absolute Gasteiger partial charge is 0.175 e. The summed E-state index contributed by atoms with van der Waals surface area (Å²) in [5.74, 6) is 0.834. The molecule has 0 saturated carbocycles. The van der Waals surface area contributed by atoms with Gasteiger partial charge in [-0.2, -0.15) is 12.6 Å². The maximum absolute atomic E-state index is 4.14.